The lowest BCUT2D eigenvalue weighted by atomic mass is 10.0. The van der Waals surface area contributed by atoms with Crippen molar-refractivity contribution < 1.29 is 0 Å². The van der Waals surface area contributed by atoms with Gasteiger partial charge < -0.3 is 0 Å². The fraction of sp³-hybridized carbons (Fsp3) is 0. The minimum absolute atomic E-state index is 1.03. The van der Waals surface area contributed by atoms with Crippen LogP contribution in [0, 0.1) is 6.07 Å². The Morgan fingerprint density at radius 3 is 2.45 bits per heavy atom. The Hall–Kier alpha value is -2.67. The molecule has 0 unspecified atom stereocenters. The van der Waals surface area contributed by atoms with Crippen LogP contribution in [0.4, 0.5) is 0 Å². The molecule has 1 heteroatoms. The van der Waals surface area contributed by atoms with Crippen molar-refractivity contribution in [1.82, 2.24) is 4.98 Å². The molecular formula is C19H12N. The maximum Gasteiger partial charge on any atom is 0.0710 e. The monoisotopic (exact) mass is 254 g/mol. The first-order valence-corrected chi connectivity index (χ1v) is 6.67. The van der Waals surface area contributed by atoms with Gasteiger partial charge in [-0.2, -0.15) is 0 Å². The summed E-state index contributed by atoms with van der Waals surface area (Å²) in [5, 5.41) is 2.34. The highest BCUT2D eigenvalue weighted by Gasteiger charge is 2.02. The zero-order valence-corrected chi connectivity index (χ0v) is 10.9. The van der Waals surface area contributed by atoms with Crippen LogP contribution < -0.4 is 0 Å². The summed E-state index contributed by atoms with van der Waals surface area (Å²) in [5.41, 5.74) is 4.36. The van der Waals surface area contributed by atoms with Crippen molar-refractivity contribution in [2.45, 2.75) is 0 Å². The van der Waals surface area contributed by atoms with Crippen molar-refractivity contribution >= 4 is 21.8 Å². The molecule has 0 atom stereocenters. The van der Waals surface area contributed by atoms with Gasteiger partial charge in [-0.15, -0.1) is 0 Å². The highest BCUT2D eigenvalue weighted by molar-refractivity contribution is 5.94. The van der Waals surface area contributed by atoms with Gasteiger partial charge >= 0.3 is 0 Å². The largest absolute Gasteiger partial charge is 0.248 e. The van der Waals surface area contributed by atoms with Gasteiger partial charge in [0.2, 0.25) is 0 Å². The van der Waals surface area contributed by atoms with Crippen LogP contribution >= 0.6 is 0 Å². The van der Waals surface area contributed by atoms with Gasteiger partial charge in [0.15, 0.2) is 0 Å². The second-order valence-electron chi connectivity index (χ2n) is 4.86. The highest BCUT2D eigenvalue weighted by Crippen LogP contribution is 2.25. The third kappa shape index (κ3) is 1.84. The van der Waals surface area contributed by atoms with Crippen molar-refractivity contribution in [3.8, 4) is 11.1 Å². The van der Waals surface area contributed by atoms with E-state index in [1.54, 1.807) is 0 Å². The van der Waals surface area contributed by atoms with E-state index in [1.807, 2.05) is 36.4 Å². The molecule has 0 bridgehead atoms. The number of nitrogens with zero attached hydrogens (tertiary/aromatic N) is 1. The van der Waals surface area contributed by atoms with E-state index in [-0.39, 0.29) is 0 Å². The molecule has 0 saturated heterocycles. The van der Waals surface area contributed by atoms with Crippen LogP contribution in [0.15, 0.2) is 72.8 Å². The zero-order chi connectivity index (χ0) is 13.4. The Morgan fingerprint density at radius 1 is 0.700 bits per heavy atom. The van der Waals surface area contributed by atoms with Gasteiger partial charge in [0, 0.05) is 10.8 Å². The number of fused-ring (bicyclic) bond motifs is 2. The van der Waals surface area contributed by atoms with Crippen LogP contribution in [0.5, 0.6) is 0 Å². The van der Waals surface area contributed by atoms with Crippen LogP contribution in [0.3, 0.4) is 0 Å². The average Bonchev–Trinajstić information content (AvgIpc) is 2.53. The molecule has 1 heterocycles. The van der Waals surface area contributed by atoms with Crippen molar-refractivity contribution in [3.05, 3.63) is 78.9 Å². The van der Waals surface area contributed by atoms with E-state index in [0.29, 0.717) is 0 Å². The topological polar surface area (TPSA) is 12.9 Å². The molecule has 0 amide bonds. The smallest absolute Gasteiger partial charge is 0.0710 e. The zero-order valence-electron chi connectivity index (χ0n) is 10.9. The molecule has 3 aromatic carbocycles. The molecule has 4 aromatic rings. The molecule has 0 aliphatic rings. The van der Waals surface area contributed by atoms with E-state index in [9.17, 15) is 0 Å². The quantitative estimate of drug-likeness (QED) is 0.442. The first-order valence-electron chi connectivity index (χ1n) is 6.67. The molecule has 0 aliphatic carbocycles. The molecule has 0 aliphatic heterocycles. The van der Waals surface area contributed by atoms with E-state index >= 15 is 0 Å². The predicted octanol–water partition coefficient (Wildman–Crippen LogP) is 4.86. The second kappa shape index (κ2) is 4.46. The molecule has 0 spiro atoms. The molecule has 4 rings (SSSR count). The van der Waals surface area contributed by atoms with E-state index in [0.717, 1.165) is 16.6 Å². The summed E-state index contributed by atoms with van der Waals surface area (Å²) < 4.78 is 0. The summed E-state index contributed by atoms with van der Waals surface area (Å²) in [6.07, 6.45) is 0. The number of rotatable bonds is 1. The SMILES string of the molecule is [c]1ccccc1-c1ccc2nc3ccccc3cc2c1. The molecule has 20 heavy (non-hydrogen) atoms. The summed E-state index contributed by atoms with van der Waals surface area (Å²) in [6.45, 7) is 0. The molecule has 1 aromatic heterocycles. The summed E-state index contributed by atoms with van der Waals surface area (Å²) in [4.78, 5) is 4.70. The second-order valence-corrected chi connectivity index (χ2v) is 4.86. The van der Waals surface area contributed by atoms with Crippen LogP contribution in [-0.2, 0) is 0 Å². The summed E-state index contributed by atoms with van der Waals surface area (Å²) in [5.74, 6) is 0. The van der Waals surface area contributed by atoms with Crippen LogP contribution in [0.1, 0.15) is 0 Å². The van der Waals surface area contributed by atoms with Gasteiger partial charge in [-0.3, -0.25) is 0 Å². The van der Waals surface area contributed by atoms with Gasteiger partial charge in [0.1, 0.15) is 0 Å². The third-order valence-corrected chi connectivity index (χ3v) is 3.54. The van der Waals surface area contributed by atoms with Crippen LogP contribution in [0.2, 0.25) is 0 Å². The van der Waals surface area contributed by atoms with Crippen molar-refractivity contribution in [1.29, 1.82) is 0 Å². The van der Waals surface area contributed by atoms with E-state index in [2.05, 4.69) is 42.5 Å². The fourth-order valence-corrected chi connectivity index (χ4v) is 2.52. The molecular weight excluding hydrogens is 242 g/mol. The Morgan fingerprint density at radius 2 is 1.55 bits per heavy atom. The summed E-state index contributed by atoms with van der Waals surface area (Å²) in [7, 11) is 0. The van der Waals surface area contributed by atoms with Gasteiger partial charge in [-0.05, 0) is 41.5 Å². The van der Waals surface area contributed by atoms with Crippen molar-refractivity contribution in [3.63, 3.8) is 0 Å². The normalized spacial score (nSPS) is 11.0. The van der Waals surface area contributed by atoms with Gasteiger partial charge in [0.25, 0.3) is 0 Å². The van der Waals surface area contributed by atoms with Crippen molar-refractivity contribution in [2.24, 2.45) is 0 Å². The standard InChI is InChI=1S/C19H12N/c1-2-6-14(7-3-1)15-10-11-19-17(12-15)13-16-8-4-5-9-18(16)20-19/h1-6,8-13H. The lowest BCUT2D eigenvalue weighted by Gasteiger charge is -2.05. The van der Waals surface area contributed by atoms with E-state index < -0.39 is 0 Å². The molecule has 1 radical (unpaired) electrons. The minimum Gasteiger partial charge on any atom is -0.248 e. The van der Waals surface area contributed by atoms with Gasteiger partial charge in [0.05, 0.1) is 11.0 Å². The first-order chi connectivity index (χ1) is 9.90. The van der Waals surface area contributed by atoms with Crippen LogP contribution in [0.25, 0.3) is 32.9 Å². The van der Waals surface area contributed by atoms with E-state index in [4.69, 9.17) is 4.98 Å². The summed E-state index contributed by atoms with van der Waals surface area (Å²) in [6, 6.07) is 28.1. The summed E-state index contributed by atoms with van der Waals surface area (Å²) >= 11 is 0. The maximum absolute atomic E-state index is 4.70. The Balaban J connectivity index is 1.97. The predicted molar refractivity (Wildman–Crippen MR) is 83.5 cm³/mol. The van der Waals surface area contributed by atoms with Gasteiger partial charge in [-0.1, -0.05) is 48.5 Å². The number of hydrogen-bond donors (Lipinski definition) is 0. The van der Waals surface area contributed by atoms with E-state index in [1.165, 1.54) is 16.3 Å². The number of benzene rings is 3. The van der Waals surface area contributed by atoms with Crippen LogP contribution in [-0.4, -0.2) is 4.98 Å². The molecule has 0 fully saturated rings. The molecule has 0 saturated carbocycles. The van der Waals surface area contributed by atoms with Crippen molar-refractivity contribution in [2.75, 3.05) is 0 Å². The molecule has 0 N–H and O–H groups in total. The highest BCUT2D eigenvalue weighted by atomic mass is 14.7. The maximum atomic E-state index is 4.70. The lowest BCUT2D eigenvalue weighted by molar-refractivity contribution is 1.49. The average molecular weight is 254 g/mol. The first kappa shape index (κ1) is 11.2. The molecule has 93 valence electrons. The number of aromatic nitrogens is 1. The van der Waals surface area contributed by atoms with Gasteiger partial charge in [-0.25, -0.2) is 4.98 Å². The molecule has 1 nitrogen and oxygen atoms in total. The Kier molecular flexibility index (Phi) is 2.49. The Labute approximate surface area is 117 Å². The lowest BCUT2D eigenvalue weighted by Crippen LogP contribution is -1.84. The minimum atomic E-state index is 1.03. The Bertz CT molecular complexity index is 895. The third-order valence-electron chi connectivity index (χ3n) is 3.54. The number of para-hydroxylation sites is 1. The fourth-order valence-electron chi connectivity index (χ4n) is 2.52. The number of pyridine rings is 1. The number of hydrogen-bond acceptors (Lipinski definition) is 1.